The zero-order valence-corrected chi connectivity index (χ0v) is 18.1. The first kappa shape index (κ1) is 22.2. The molecular formula is C26H27F3N2O. The van der Waals surface area contributed by atoms with Crippen molar-refractivity contribution in [1.29, 1.82) is 0 Å². The molecule has 1 aliphatic heterocycles. The van der Waals surface area contributed by atoms with Gasteiger partial charge >= 0.3 is 0 Å². The number of ether oxygens (including phenoxy) is 1. The number of piperazine rings is 1. The minimum Gasteiger partial charge on any atom is -0.486 e. The molecule has 1 fully saturated rings. The zero-order valence-electron chi connectivity index (χ0n) is 18.1. The lowest BCUT2D eigenvalue weighted by atomic mass is 10.1. The third-order valence-electron chi connectivity index (χ3n) is 5.90. The van der Waals surface area contributed by atoms with Gasteiger partial charge in [0.25, 0.3) is 0 Å². The van der Waals surface area contributed by atoms with E-state index in [0.717, 1.165) is 44.0 Å². The average Bonchev–Trinajstić information content (AvgIpc) is 2.80. The van der Waals surface area contributed by atoms with Gasteiger partial charge in [0.1, 0.15) is 29.3 Å². The van der Waals surface area contributed by atoms with Gasteiger partial charge in [-0.2, -0.15) is 0 Å². The van der Waals surface area contributed by atoms with Crippen molar-refractivity contribution in [2.75, 3.05) is 37.6 Å². The van der Waals surface area contributed by atoms with Crippen LogP contribution in [0.3, 0.4) is 0 Å². The van der Waals surface area contributed by atoms with Crippen LogP contribution in [-0.2, 0) is 0 Å². The highest BCUT2D eigenvalue weighted by Crippen LogP contribution is 2.27. The topological polar surface area (TPSA) is 15.7 Å². The fraction of sp³-hybridized carbons (Fsp3) is 0.308. The molecule has 3 aromatic carbocycles. The number of aryl methyl sites for hydroxylation is 1. The first-order chi connectivity index (χ1) is 15.5. The van der Waals surface area contributed by atoms with Crippen LogP contribution in [0.1, 0.15) is 23.7 Å². The molecule has 3 aromatic rings. The molecule has 1 unspecified atom stereocenters. The van der Waals surface area contributed by atoms with E-state index in [1.165, 1.54) is 30.3 Å². The fourth-order valence-corrected chi connectivity index (χ4v) is 4.04. The Morgan fingerprint density at radius 2 is 1.59 bits per heavy atom. The molecule has 0 saturated carbocycles. The van der Waals surface area contributed by atoms with Gasteiger partial charge in [0, 0.05) is 44.8 Å². The van der Waals surface area contributed by atoms with Crippen LogP contribution in [0.5, 0.6) is 5.75 Å². The predicted molar refractivity (Wildman–Crippen MR) is 121 cm³/mol. The number of anilines is 1. The van der Waals surface area contributed by atoms with Gasteiger partial charge in [-0.25, -0.2) is 13.2 Å². The molecule has 4 rings (SSSR count). The van der Waals surface area contributed by atoms with E-state index < -0.39 is 0 Å². The smallest absolute Gasteiger partial charge is 0.126 e. The van der Waals surface area contributed by atoms with E-state index in [2.05, 4.69) is 9.80 Å². The third kappa shape index (κ3) is 5.62. The molecule has 0 N–H and O–H groups in total. The summed E-state index contributed by atoms with van der Waals surface area (Å²) in [5.74, 6) is -0.246. The summed E-state index contributed by atoms with van der Waals surface area (Å²) in [4.78, 5) is 4.60. The van der Waals surface area contributed by atoms with Crippen molar-refractivity contribution in [3.8, 4) is 5.75 Å². The molecule has 0 aromatic heterocycles. The maximum Gasteiger partial charge on any atom is 0.126 e. The van der Waals surface area contributed by atoms with Gasteiger partial charge in [0.05, 0.1) is 0 Å². The normalized spacial score (nSPS) is 15.6. The Bertz CT molecular complexity index is 1030. The van der Waals surface area contributed by atoms with E-state index >= 15 is 0 Å². The van der Waals surface area contributed by atoms with Crippen LogP contribution < -0.4 is 9.64 Å². The van der Waals surface area contributed by atoms with E-state index in [-0.39, 0.29) is 23.6 Å². The Morgan fingerprint density at radius 1 is 0.844 bits per heavy atom. The molecule has 6 heteroatoms. The van der Waals surface area contributed by atoms with Crippen molar-refractivity contribution in [1.82, 2.24) is 4.90 Å². The van der Waals surface area contributed by atoms with Crippen molar-refractivity contribution in [3.63, 3.8) is 0 Å². The van der Waals surface area contributed by atoms with Crippen LogP contribution in [0, 0.1) is 24.4 Å². The van der Waals surface area contributed by atoms with Crippen molar-refractivity contribution in [2.45, 2.75) is 19.4 Å². The highest BCUT2D eigenvalue weighted by molar-refractivity contribution is 5.46. The quantitative estimate of drug-likeness (QED) is 0.466. The second-order valence-corrected chi connectivity index (χ2v) is 8.17. The van der Waals surface area contributed by atoms with Crippen LogP contribution in [0.25, 0.3) is 0 Å². The van der Waals surface area contributed by atoms with E-state index in [0.29, 0.717) is 17.7 Å². The number of halogens is 3. The van der Waals surface area contributed by atoms with Crippen molar-refractivity contribution in [3.05, 3.63) is 95.3 Å². The van der Waals surface area contributed by atoms with Gasteiger partial charge in [0.15, 0.2) is 0 Å². The molecule has 168 valence electrons. The summed E-state index contributed by atoms with van der Waals surface area (Å²) in [5.41, 5.74) is 2.30. The molecule has 0 amide bonds. The summed E-state index contributed by atoms with van der Waals surface area (Å²) in [6.07, 6.45) is 0.335. The maximum atomic E-state index is 13.9. The molecular weight excluding hydrogens is 413 g/mol. The Kier molecular flexibility index (Phi) is 7.00. The van der Waals surface area contributed by atoms with Crippen molar-refractivity contribution < 1.29 is 17.9 Å². The van der Waals surface area contributed by atoms with E-state index in [9.17, 15) is 13.2 Å². The van der Waals surface area contributed by atoms with Gasteiger partial charge in [-0.05, 0) is 72.6 Å². The third-order valence-corrected chi connectivity index (χ3v) is 5.90. The first-order valence-corrected chi connectivity index (χ1v) is 10.9. The fourth-order valence-electron chi connectivity index (χ4n) is 4.04. The molecule has 1 heterocycles. The largest absolute Gasteiger partial charge is 0.486 e. The number of hydrogen-bond donors (Lipinski definition) is 0. The monoisotopic (exact) mass is 440 g/mol. The lowest BCUT2D eigenvalue weighted by molar-refractivity contribution is 0.159. The Hall–Kier alpha value is -2.99. The molecule has 1 saturated heterocycles. The highest BCUT2D eigenvalue weighted by atomic mass is 19.1. The van der Waals surface area contributed by atoms with Gasteiger partial charge in [-0.1, -0.05) is 12.1 Å². The standard InChI is InChI=1S/C26H27F3N2O/c1-19-17-24(9-10-25(19)29)32-26(20-3-2-4-22(28)18-20)11-12-30-13-15-31(16-14-30)23-7-5-21(27)6-8-23/h2-10,17-18,26H,11-16H2,1H3. The Morgan fingerprint density at radius 3 is 2.28 bits per heavy atom. The summed E-state index contributed by atoms with van der Waals surface area (Å²) >= 11 is 0. The molecule has 0 spiro atoms. The average molecular weight is 441 g/mol. The number of nitrogens with zero attached hydrogens (tertiary/aromatic N) is 2. The predicted octanol–water partition coefficient (Wildman–Crippen LogP) is 5.74. The first-order valence-electron chi connectivity index (χ1n) is 10.9. The second-order valence-electron chi connectivity index (χ2n) is 8.17. The highest BCUT2D eigenvalue weighted by Gasteiger charge is 2.21. The van der Waals surface area contributed by atoms with Crippen molar-refractivity contribution >= 4 is 5.69 Å². The zero-order chi connectivity index (χ0) is 22.5. The van der Waals surface area contributed by atoms with Gasteiger partial charge < -0.3 is 9.64 Å². The lowest BCUT2D eigenvalue weighted by Crippen LogP contribution is -2.46. The van der Waals surface area contributed by atoms with E-state index in [1.807, 2.05) is 18.2 Å². The van der Waals surface area contributed by atoms with Crippen LogP contribution in [0.4, 0.5) is 18.9 Å². The van der Waals surface area contributed by atoms with Crippen LogP contribution >= 0.6 is 0 Å². The lowest BCUT2D eigenvalue weighted by Gasteiger charge is -2.36. The molecule has 1 aliphatic rings. The summed E-state index contributed by atoms with van der Waals surface area (Å²) in [6.45, 7) is 5.95. The number of rotatable bonds is 7. The Labute approximate surface area is 187 Å². The minimum absolute atomic E-state index is 0.230. The van der Waals surface area contributed by atoms with Crippen molar-refractivity contribution in [2.24, 2.45) is 0 Å². The summed E-state index contributed by atoms with van der Waals surface area (Å²) in [6, 6.07) is 17.7. The van der Waals surface area contributed by atoms with Gasteiger partial charge in [0.2, 0.25) is 0 Å². The molecule has 0 radical (unpaired) electrons. The number of hydrogen-bond acceptors (Lipinski definition) is 3. The van der Waals surface area contributed by atoms with E-state index in [4.69, 9.17) is 4.74 Å². The SMILES string of the molecule is Cc1cc(OC(CCN2CCN(c3ccc(F)cc3)CC2)c2cccc(F)c2)ccc1F. The van der Waals surface area contributed by atoms with E-state index in [1.54, 1.807) is 25.1 Å². The molecule has 3 nitrogen and oxygen atoms in total. The molecule has 32 heavy (non-hydrogen) atoms. The molecule has 1 atom stereocenters. The molecule has 0 bridgehead atoms. The second kappa shape index (κ2) is 10.1. The molecule has 0 aliphatic carbocycles. The summed E-state index contributed by atoms with van der Waals surface area (Å²) < 4.78 is 46.9. The summed E-state index contributed by atoms with van der Waals surface area (Å²) in [5, 5.41) is 0. The maximum absolute atomic E-state index is 13.9. The number of benzene rings is 3. The van der Waals surface area contributed by atoms with Crippen LogP contribution in [0.2, 0.25) is 0 Å². The van der Waals surface area contributed by atoms with Crippen LogP contribution in [0.15, 0.2) is 66.7 Å². The summed E-state index contributed by atoms with van der Waals surface area (Å²) in [7, 11) is 0. The minimum atomic E-state index is -0.342. The van der Waals surface area contributed by atoms with Gasteiger partial charge in [-0.15, -0.1) is 0 Å². The Balaban J connectivity index is 1.39. The van der Waals surface area contributed by atoms with Gasteiger partial charge in [-0.3, -0.25) is 4.90 Å². The van der Waals surface area contributed by atoms with Crippen LogP contribution in [-0.4, -0.2) is 37.6 Å².